The second-order valence-corrected chi connectivity index (χ2v) is 7.57. The largest absolute Gasteiger partial charge is 0.338 e. The van der Waals surface area contributed by atoms with E-state index in [0.29, 0.717) is 17.9 Å². The summed E-state index contributed by atoms with van der Waals surface area (Å²) in [6.45, 7) is 6.73. The highest BCUT2D eigenvalue weighted by molar-refractivity contribution is 6.01. The van der Waals surface area contributed by atoms with Crippen LogP contribution in [0.5, 0.6) is 0 Å². The second kappa shape index (κ2) is 12.5. The number of urea groups is 2. The van der Waals surface area contributed by atoms with Crippen molar-refractivity contribution >= 4 is 29.1 Å². The topological polar surface area (TPSA) is 82.3 Å². The molecule has 0 heterocycles. The van der Waals surface area contributed by atoms with E-state index < -0.39 is 0 Å². The van der Waals surface area contributed by atoms with Crippen LogP contribution < -0.4 is 21.3 Å². The first-order chi connectivity index (χ1) is 14.5. The van der Waals surface area contributed by atoms with Crippen molar-refractivity contribution in [3.8, 4) is 0 Å². The minimum Gasteiger partial charge on any atom is -0.338 e. The molecule has 0 aliphatic heterocycles. The predicted octanol–water partition coefficient (Wildman–Crippen LogP) is 6.43. The van der Waals surface area contributed by atoms with Crippen LogP contribution in [-0.2, 0) is 0 Å². The number of unbranched alkanes of at least 4 members (excludes halogenated alkanes) is 5. The summed E-state index contributed by atoms with van der Waals surface area (Å²) in [5.74, 6) is 0. The molecule has 0 saturated carbocycles. The van der Waals surface area contributed by atoms with E-state index in [9.17, 15) is 9.59 Å². The Balaban J connectivity index is 1.81. The van der Waals surface area contributed by atoms with Crippen LogP contribution in [0.2, 0.25) is 0 Å². The fraction of sp³-hybridized carbons (Fsp3) is 0.417. The average Bonchev–Trinajstić information content (AvgIpc) is 2.72. The normalized spacial score (nSPS) is 10.4. The highest BCUT2D eigenvalue weighted by Gasteiger charge is 2.10. The highest BCUT2D eigenvalue weighted by Crippen LogP contribution is 2.23. The molecule has 0 bridgehead atoms. The van der Waals surface area contributed by atoms with Gasteiger partial charge in [-0.2, -0.15) is 0 Å². The molecule has 6 heteroatoms. The molecule has 0 aliphatic rings. The summed E-state index contributed by atoms with van der Waals surface area (Å²) in [5.41, 5.74) is 3.97. The summed E-state index contributed by atoms with van der Waals surface area (Å²) in [5, 5.41) is 11.4. The third kappa shape index (κ3) is 8.15. The van der Waals surface area contributed by atoms with Crippen LogP contribution in [0.15, 0.2) is 42.5 Å². The summed E-state index contributed by atoms with van der Waals surface area (Å²) in [6, 6.07) is 12.5. The molecule has 0 spiro atoms. The van der Waals surface area contributed by atoms with Crippen molar-refractivity contribution in [1.29, 1.82) is 0 Å². The van der Waals surface area contributed by atoms with E-state index in [1.54, 1.807) is 6.07 Å². The van der Waals surface area contributed by atoms with Crippen molar-refractivity contribution in [2.24, 2.45) is 0 Å². The molecule has 4 N–H and O–H groups in total. The van der Waals surface area contributed by atoms with Gasteiger partial charge in [-0.05, 0) is 50.1 Å². The van der Waals surface area contributed by atoms with Gasteiger partial charge < -0.3 is 21.3 Å². The van der Waals surface area contributed by atoms with Gasteiger partial charge in [0.1, 0.15) is 0 Å². The second-order valence-electron chi connectivity index (χ2n) is 7.57. The lowest BCUT2D eigenvalue weighted by Crippen LogP contribution is -2.30. The fourth-order valence-electron chi connectivity index (χ4n) is 3.10. The number of nitrogens with one attached hydrogen (secondary N) is 4. The lowest BCUT2D eigenvalue weighted by Gasteiger charge is -2.14. The molecule has 2 rings (SSSR count). The Kier molecular flexibility index (Phi) is 9.71. The number of aryl methyl sites for hydroxylation is 1. The van der Waals surface area contributed by atoms with Crippen molar-refractivity contribution in [2.75, 3.05) is 22.5 Å². The van der Waals surface area contributed by atoms with Gasteiger partial charge in [0.25, 0.3) is 0 Å². The lowest BCUT2D eigenvalue weighted by molar-refractivity contribution is 0.252. The summed E-state index contributed by atoms with van der Waals surface area (Å²) in [6.07, 6.45) is 7.11. The van der Waals surface area contributed by atoms with Gasteiger partial charge >= 0.3 is 12.1 Å². The van der Waals surface area contributed by atoms with E-state index in [2.05, 4.69) is 28.2 Å². The van der Waals surface area contributed by atoms with Gasteiger partial charge in [0.05, 0.1) is 0 Å². The number of amides is 4. The maximum atomic E-state index is 12.3. The molecule has 0 unspecified atom stereocenters. The van der Waals surface area contributed by atoms with E-state index in [1.807, 2.05) is 50.2 Å². The molecule has 6 nitrogen and oxygen atoms in total. The number of benzene rings is 2. The third-order valence-corrected chi connectivity index (χ3v) is 4.96. The summed E-state index contributed by atoms with van der Waals surface area (Å²) < 4.78 is 0. The number of hydrogen-bond donors (Lipinski definition) is 4. The lowest BCUT2D eigenvalue weighted by atomic mass is 10.1. The van der Waals surface area contributed by atoms with Gasteiger partial charge in [0.15, 0.2) is 0 Å². The van der Waals surface area contributed by atoms with Gasteiger partial charge in [0, 0.05) is 23.6 Å². The van der Waals surface area contributed by atoms with Crippen molar-refractivity contribution in [3.05, 3.63) is 53.6 Å². The number of hydrogen-bond acceptors (Lipinski definition) is 2. The van der Waals surface area contributed by atoms with Gasteiger partial charge in [-0.25, -0.2) is 9.59 Å². The maximum absolute atomic E-state index is 12.3. The van der Waals surface area contributed by atoms with E-state index in [0.717, 1.165) is 29.7 Å². The van der Waals surface area contributed by atoms with Crippen LogP contribution in [0, 0.1) is 13.8 Å². The molecule has 0 aliphatic carbocycles. The minimum absolute atomic E-state index is 0.229. The standard InChI is InChI=1S/C24H34N4O2/c1-4-5-6-7-8-9-17-25-23(29)27-21-11-10-12-22(19(21)3)28-24(30)26-20-15-13-18(2)14-16-20/h10-16H,4-9,17H2,1-3H3,(H2,25,27,29)(H2,26,28,30). The molecular weight excluding hydrogens is 376 g/mol. The molecule has 30 heavy (non-hydrogen) atoms. The molecule has 162 valence electrons. The molecular formula is C24H34N4O2. The van der Waals surface area contributed by atoms with Crippen LogP contribution in [0.3, 0.4) is 0 Å². The van der Waals surface area contributed by atoms with E-state index in [4.69, 9.17) is 0 Å². The zero-order valence-electron chi connectivity index (χ0n) is 18.3. The molecule has 2 aromatic rings. The maximum Gasteiger partial charge on any atom is 0.323 e. The first-order valence-electron chi connectivity index (χ1n) is 10.8. The SMILES string of the molecule is CCCCCCCCNC(=O)Nc1cccc(NC(=O)Nc2ccc(C)cc2)c1C. The number of carbonyl (C=O) groups excluding carboxylic acids is 2. The number of rotatable bonds is 10. The molecule has 0 fully saturated rings. The Bertz CT molecular complexity index is 818. The Morgan fingerprint density at radius 2 is 1.33 bits per heavy atom. The molecule has 4 amide bonds. The number of carbonyl (C=O) groups is 2. The van der Waals surface area contributed by atoms with Crippen LogP contribution in [0.25, 0.3) is 0 Å². The smallest absolute Gasteiger partial charge is 0.323 e. The van der Waals surface area contributed by atoms with Crippen molar-refractivity contribution in [3.63, 3.8) is 0 Å². The first-order valence-corrected chi connectivity index (χ1v) is 10.8. The Morgan fingerprint density at radius 3 is 2.00 bits per heavy atom. The van der Waals surface area contributed by atoms with E-state index >= 15 is 0 Å². The Hall–Kier alpha value is -3.02. The first kappa shape index (κ1) is 23.3. The average molecular weight is 411 g/mol. The highest BCUT2D eigenvalue weighted by atomic mass is 16.2. The molecule has 0 atom stereocenters. The van der Waals surface area contributed by atoms with E-state index in [1.165, 1.54) is 25.7 Å². The zero-order valence-corrected chi connectivity index (χ0v) is 18.3. The minimum atomic E-state index is -0.327. The van der Waals surface area contributed by atoms with Crippen LogP contribution in [-0.4, -0.2) is 18.6 Å². The van der Waals surface area contributed by atoms with E-state index in [-0.39, 0.29) is 12.1 Å². The van der Waals surface area contributed by atoms with Crippen molar-refractivity contribution < 1.29 is 9.59 Å². The Morgan fingerprint density at radius 1 is 0.733 bits per heavy atom. The predicted molar refractivity (Wildman–Crippen MR) is 125 cm³/mol. The fourth-order valence-corrected chi connectivity index (χ4v) is 3.10. The molecule has 0 saturated heterocycles. The van der Waals surface area contributed by atoms with Gasteiger partial charge in [-0.15, -0.1) is 0 Å². The van der Waals surface area contributed by atoms with Crippen molar-refractivity contribution in [1.82, 2.24) is 5.32 Å². The summed E-state index contributed by atoms with van der Waals surface area (Å²) in [4.78, 5) is 24.5. The number of anilines is 3. The van der Waals surface area contributed by atoms with Gasteiger partial charge in [0.2, 0.25) is 0 Å². The van der Waals surface area contributed by atoms with Crippen LogP contribution >= 0.6 is 0 Å². The summed E-state index contributed by atoms with van der Waals surface area (Å²) in [7, 11) is 0. The molecule has 2 aromatic carbocycles. The van der Waals surface area contributed by atoms with Crippen molar-refractivity contribution in [2.45, 2.75) is 59.3 Å². The Labute approximate surface area is 179 Å². The summed E-state index contributed by atoms with van der Waals surface area (Å²) >= 11 is 0. The van der Waals surface area contributed by atoms with Gasteiger partial charge in [-0.3, -0.25) is 0 Å². The van der Waals surface area contributed by atoms with Crippen LogP contribution in [0.4, 0.5) is 26.7 Å². The molecule has 0 aromatic heterocycles. The quantitative estimate of drug-likeness (QED) is 0.340. The van der Waals surface area contributed by atoms with Crippen LogP contribution in [0.1, 0.15) is 56.6 Å². The molecule has 0 radical (unpaired) electrons. The third-order valence-electron chi connectivity index (χ3n) is 4.96. The monoisotopic (exact) mass is 410 g/mol. The zero-order chi connectivity index (χ0) is 21.8. The van der Waals surface area contributed by atoms with Gasteiger partial charge in [-0.1, -0.05) is 62.8 Å².